The van der Waals surface area contributed by atoms with Crippen molar-refractivity contribution < 1.29 is 4.52 Å². The van der Waals surface area contributed by atoms with Gasteiger partial charge < -0.3 is 20.1 Å². The molecule has 0 radical (unpaired) electrons. The second-order valence-corrected chi connectivity index (χ2v) is 6.39. The Kier molecular flexibility index (Phi) is 7.44. The zero-order valence-electron chi connectivity index (χ0n) is 16.4. The molecule has 26 heavy (non-hydrogen) atoms. The Hall–Kier alpha value is -2.57. The average Bonchev–Trinajstić information content (AvgIpc) is 3.12. The number of aromatic nitrogens is 2. The second-order valence-electron chi connectivity index (χ2n) is 6.39. The molecular weight excluding hydrogens is 328 g/mol. The van der Waals surface area contributed by atoms with E-state index >= 15 is 0 Å². The highest BCUT2D eigenvalue weighted by atomic mass is 16.5. The third-order valence-corrected chi connectivity index (χ3v) is 4.37. The fourth-order valence-electron chi connectivity index (χ4n) is 2.85. The summed E-state index contributed by atoms with van der Waals surface area (Å²) in [6, 6.07) is 6.03. The number of anilines is 1. The minimum Gasteiger partial charge on any atom is -0.362 e. The van der Waals surface area contributed by atoms with Gasteiger partial charge in [0, 0.05) is 51.4 Å². The van der Waals surface area contributed by atoms with Gasteiger partial charge in [-0.2, -0.15) is 0 Å². The Morgan fingerprint density at radius 1 is 1.23 bits per heavy atom. The van der Waals surface area contributed by atoms with Crippen molar-refractivity contribution in [1.29, 1.82) is 0 Å². The number of pyridine rings is 1. The molecule has 142 valence electrons. The predicted molar refractivity (Wildman–Crippen MR) is 105 cm³/mol. The Bertz CT molecular complexity index is 706. The summed E-state index contributed by atoms with van der Waals surface area (Å²) in [7, 11) is 5.72. The van der Waals surface area contributed by atoms with Gasteiger partial charge in [0.05, 0.1) is 12.2 Å². The number of nitrogens with one attached hydrogen (secondary N) is 2. The maximum Gasteiger partial charge on any atom is 0.191 e. The summed E-state index contributed by atoms with van der Waals surface area (Å²) in [5.41, 5.74) is 2.14. The van der Waals surface area contributed by atoms with E-state index in [1.807, 2.05) is 31.1 Å². The molecule has 0 saturated heterocycles. The summed E-state index contributed by atoms with van der Waals surface area (Å²) >= 11 is 0. The molecule has 0 aliphatic heterocycles. The first-order chi connectivity index (χ1) is 12.6. The highest BCUT2D eigenvalue weighted by Gasteiger charge is 2.13. The fraction of sp³-hybridized carbons (Fsp3) is 0.526. The molecule has 0 amide bonds. The number of rotatable bonds is 8. The van der Waals surface area contributed by atoms with E-state index in [0.29, 0.717) is 25.0 Å². The van der Waals surface area contributed by atoms with E-state index in [1.54, 1.807) is 13.2 Å². The van der Waals surface area contributed by atoms with Gasteiger partial charge in [-0.3, -0.25) is 4.99 Å². The van der Waals surface area contributed by atoms with Crippen LogP contribution in [0.4, 0.5) is 5.82 Å². The number of hydrogen-bond donors (Lipinski definition) is 2. The largest absolute Gasteiger partial charge is 0.362 e. The van der Waals surface area contributed by atoms with Crippen molar-refractivity contribution in [2.45, 2.75) is 45.7 Å². The van der Waals surface area contributed by atoms with Gasteiger partial charge in [-0.25, -0.2) is 4.98 Å². The molecule has 2 aromatic heterocycles. The van der Waals surface area contributed by atoms with Crippen LogP contribution in [-0.2, 0) is 13.1 Å². The van der Waals surface area contributed by atoms with Crippen molar-refractivity contribution in [3.05, 3.63) is 41.4 Å². The smallest absolute Gasteiger partial charge is 0.191 e. The van der Waals surface area contributed by atoms with Gasteiger partial charge in [-0.15, -0.1) is 0 Å². The van der Waals surface area contributed by atoms with Crippen LogP contribution in [0.2, 0.25) is 0 Å². The van der Waals surface area contributed by atoms with Crippen molar-refractivity contribution in [2.75, 3.05) is 26.0 Å². The molecule has 0 spiro atoms. The summed E-state index contributed by atoms with van der Waals surface area (Å²) < 4.78 is 5.45. The molecule has 2 N–H and O–H groups in total. The zero-order chi connectivity index (χ0) is 18.9. The summed E-state index contributed by atoms with van der Waals surface area (Å²) in [6.07, 6.45) is 3.93. The van der Waals surface area contributed by atoms with Gasteiger partial charge in [-0.1, -0.05) is 25.1 Å². The van der Waals surface area contributed by atoms with Crippen LogP contribution in [0.25, 0.3) is 0 Å². The van der Waals surface area contributed by atoms with Crippen molar-refractivity contribution in [1.82, 2.24) is 20.8 Å². The van der Waals surface area contributed by atoms with Crippen LogP contribution < -0.4 is 15.5 Å². The van der Waals surface area contributed by atoms with E-state index in [1.165, 1.54) is 0 Å². The molecule has 7 heteroatoms. The monoisotopic (exact) mass is 358 g/mol. The van der Waals surface area contributed by atoms with E-state index in [4.69, 9.17) is 4.52 Å². The zero-order valence-corrected chi connectivity index (χ0v) is 16.4. The lowest BCUT2D eigenvalue weighted by atomic mass is 9.99. The van der Waals surface area contributed by atoms with Crippen LogP contribution >= 0.6 is 0 Å². The molecule has 2 heterocycles. The molecule has 0 aromatic carbocycles. The Labute approximate surface area is 155 Å². The molecule has 2 aromatic rings. The van der Waals surface area contributed by atoms with Crippen LogP contribution in [0.15, 0.2) is 33.9 Å². The molecule has 0 bridgehead atoms. The van der Waals surface area contributed by atoms with Crippen LogP contribution in [0.5, 0.6) is 0 Å². The minimum absolute atomic E-state index is 0.458. The van der Waals surface area contributed by atoms with Gasteiger partial charge >= 0.3 is 0 Å². The van der Waals surface area contributed by atoms with E-state index in [0.717, 1.165) is 35.7 Å². The molecule has 0 aliphatic carbocycles. The molecule has 0 unspecified atom stereocenters. The molecule has 0 saturated carbocycles. The Balaban J connectivity index is 1.91. The van der Waals surface area contributed by atoms with Gasteiger partial charge in [0.1, 0.15) is 5.82 Å². The highest BCUT2D eigenvalue weighted by molar-refractivity contribution is 5.79. The molecule has 0 aliphatic rings. The predicted octanol–water partition coefficient (Wildman–Crippen LogP) is 2.90. The maximum atomic E-state index is 5.45. The summed E-state index contributed by atoms with van der Waals surface area (Å²) in [5.74, 6) is 2.92. The van der Waals surface area contributed by atoms with Gasteiger partial charge in [0.2, 0.25) is 0 Å². The number of hydrogen-bond acceptors (Lipinski definition) is 5. The summed E-state index contributed by atoms with van der Waals surface area (Å²) in [6.45, 7) is 5.52. The first-order valence-corrected chi connectivity index (χ1v) is 9.10. The van der Waals surface area contributed by atoms with E-state index in [9.17, 15) is 0 Å². The molecule has 2 rings (SSSR count). The third kappa shape index (κ3) is 5.21. The normalized spacial score (nSPS) is 11.7. The maximum absolute atomic E-state index is 5.45. The SMILES string of the molecule is CCC(CC)c1cc(CNC(=NC)NCc2cccnc2N(C)C)on1. The van der Waals surface area contributed by atoms with E-state index in [-0.39, 0.29) is 0 Å². The number of nitrogens with zero attached hydrogens (tertiary/aromatic N) is 4. The fourth-order valence-corrected chi connectivity index (χ4v) is 2.85. The number of guanidine groups is 1. The second kappa shape index (κ2) is 9.79. The van der Waals surface area contributed by atoms with Gasteiger partial charge in [0.25, 0.3) is 0 Å². The lowest BCUT2D eigenvalue weighted by Gasteiger charge is -2.17. The first-order valence-electron chi connectivity index (χ1n) is 9.10. The quantitative estimate of drug-likeness (QED) is 0.558. The molecule has 0 atom stereocenters. The van der Waals surface area contributed by atoms with E-state index in [2.05, 4.69) is 45.7 Å². The van der Waals surface area contributed by atoms with Crippen molar-refractivity contribution in [3.63, 3.8) is 0 Å². The minimum atomic E-state index is 0.458. The summed E-state index contributed by atoms with van der Waals surface area (Å²) in [5, 5.41) is 10.8. The molecular formula is C19H30N6O. The highest BCUT2D eigenvalue weighted by Crippen LogP contribution is 2.22. The third-order valence-electron chi connectivity index (χ3n) is 4.37. The Morgan fingerprint density at radius 3 is 2.62 bits per heavy atom. The lowest BCUT2D eigenvalue weighted by Crippen LogP contribution is -2.36. The lowest BCUT2D eigenvalue weighted by molar-refractivity contribution is 0.368. The van der Waals surface area contributed by atoms with Crippen LogP contribution in [0.3, 0.4) is 0 Å². The van der Waals surface area contributed by atoms with Crippen molar-refractivity contribution >= 4 is 11.8 Å². The standard InChI is InChI=1S/C19H30N6O/c1-6-14(7-2)17-11-16(26-24-17)13-23-19(20-3)22-12-15-9-8-10-21-18(15)25(4)5/h8-11,14H,6-7,12-13H2,1-5H3,(H2,20,22,23). The Morgan fingerprint density at radius 2 is 1.96 bits per heavy atom. The average molecular weight is 358 g/mol. The van der Waals surface area contributed by atoms with E-state index < -0.39 is 0 Å². The summed E-state index contributed by atoms with van der Waals surface area (Å²) in [4.78, 5) is 10.7. The van der Waals surface area contributed by atoms with Crippen LogP contribution in [0, 0.1) is 0 Å². The van der Waals surface area contributed by atoms with Gasteiger partial charge in [-0.05, 0) is 18.9 Å². The van der Waals surface area contributed by atoms with Crippen LogP contribution in [-0.4, -0.2) is 37.2 Å². The van der Waals surface area contributed by atoms with Crippen LogP contribution in [0.1, 0.15) is 49.6 Å². The van der Waals surface area contributed by atoms with Gasteiger partial charge in [0.15, 0.2) is 11.7 Å². The van der Waals surface area contributed by atoms with Crippen molar-refractivity contribution in [3.8, 4) is 0 Å². The molecule has 7 nitrogen and oxygen atoms in total. The van der Waals surface area contributed by atoms with Crippen molar-refractivity contribution in [2.24, 2.45) is 4.99 Å². The topological polar surface area (TPSA) is 78.6 Å². The first kappa shape index (κ1) is 19.8. The molecule has 0 fully saturated rings. The number of aliphatic imine (C=N–C) groups is 1.